The molecule has 0 aliphatic carbocycles. The number of nitrogens with one attached hydrogen (secondary N) is 1. The van der Waals surface area contributed by atoms with Crippen LogP contribution in [0.2, 0.25) is 0 Å². The SMILES string of the molecule is CCCNC(CN(CC)C(C)C)(C(N)=O)c1ccccc1. The molecule has 0 aromatic heterocycles. The van der Waals surface area contributed by atoms with Crippen molar-refractivity contribution in [3.05, 3.63) is 35.9 Å². The van der Waals surface area contributed by atoms with Gasteiger partial charge in [0.2, 0.25) is 5.91 Å². The Hall–Kier alpha value is -1.39. The standard InChI is InChI=1S/C17H29N3O/c1-5-12-19-17(16(18)21,13-20(6-2)14(3)4)15-10-8-7-9-11-15/h7-11,14,19H,5-6,12-13H2,1-4H3,(H2,18,21). The maximum absolute atomic E-state index is 12.3. The Balaban J connectivity index is 3.21. The lowest BCUT2D eigenvalue weighted by molar-refractivity contribution is -0.126. The van der Waals surface area contributed by atoms with Crippen molar-refractivity contribution < 1.29 is 4.79 Å². The maximum atomic E-state index is 12.3. The zero-order valence-corrected chi connectivity index (χ0v) is 13.7. The molecule has 118 valence electrons. The number of benzene rings is 1. The largest absolute Gasteiger partial charge is 0.368 e. The monoisotopic (exact) mass is 291 g/mol. The molecule has 0 heterocycles. The Morgan fingerprint density at radius 1 is 1.29 bits per heavy atom. The average molecular weight is 291 g/mol. The van der Waals surface area contributed by atoms with E-state index >= 15 is 0 Å². The molecule has 0 bridgehead atoms. The van der Waals surface area contributed by atoms with Crippen molar-refractivity contribution >= 4 is 5.91 Å². The van der Waals surface area contributed by atoms with E-state index in [0.29, 0.717) is 12.6 Å². The number of carbonyl (C=O) groups is 1. The van der Waals surface area contributed by atoms with Crippen LogP contribution in [0, 0.1) is 0 Å². The molecular formula is C17H29N3O. The van der Waals surface area contributed by atoms with E-state index in [1.54, 1.807) is 0 Å². The average Bonchev–Trinajstić information content (AvgIpc) is 2.48. The summed E-state index contributed by atoms with van der Waals surface area (Å²) in [6.45, 7) is 10.7. The van der Waals surface area contributed by atoms with Crippen molar-refractivity contribution in [1.29, 1.82) is 0 Å². The molecule has 3 N–H and O–H groups in total. The van der Waals surface area contributed by atoms with Gasteiger partial charge in [0.1, 0.15) is 5.54 Å². The molecule has 0 saturated carbocycles. The molecule has 1 rings (SSSR count). The molecule has 0 saturated heterocycles. The van der Waals surface area contributed by atoms with Gasteiger partial charge in [-0.3, -0.25) is 15.0 Å². The van der Waals surface area contributed by atoms with E-state index in [0.717, 1.165) is 25.1 Å². The highest BCUT2D eigenvalue weighted by atomic mass is 16.1. The number of primary amides is 1. The van der Waals surface area contributed by atoms with Crippen molar-refractivity contribution in [2.45, 2.75) is 45.7 Å². The maximum Gasteiger partial charge on any atom is 0.243 e. The highest BCUT2D eigenvalue weighted by Gasteiger charge is 2.39. The van der Waals surface area contributed by atoms with Crippen LogP contribution in [0.3, 0.4) is 0 Å². The van der Waals surface area contributed by atoms with Crippen molar-refractivity contribution in [2.75, 3.05) is 19.6 Å². The van der Waals surface area contributed by atoms with E-state index in [9.17, 15) is 4.79 Å². The molecule has 1 aromatic rings. The lowest BCUT2D eigenvalue weighted by atomic mass is 9.87. The molecule has 0 aliphatic rings. The van der Waals surface area contributed by atoms with Crippen molar-refractivity contribution in [1.82, 2.24) is 10.2 Å². The van der Waals surface area contributed by atoms with Gasteiger partial charge in [0.05, 0.1) is 0 Å². The lowest BCUT2D eigenvalue weighted by Gasteiger charge is -2.38. The highest BCUT2D eigenvalue weighted by molar-refractivity contribution is 5.86. The van der Waals surface area contributed by atoms with Gasteiger partial charge in [-0.25, -0.2) is 0 Å². The smallest absolute Gasteiger partial charge is 0.243 e. The first-order valence-electron chi connectivity index (χ1n) is 7.82. The normalized spacial score (nSPS) is 14.4. The fraction of sp³-hybridized carbons (Fsp3) is 0.588. The summed E-state index contributed by atoms with van der Waals surface area (Å²) in [5.74, 6) is -0.318. The number of nitrogens with zero attached hydrogens (tertiary/aromatic N) is 1. The van der Waals surface area contributed by atoms with Crippen molar-refractivity contribution in [3.8, 4) is 0 Å². The molecule has 0 spiro atoms. The van der Waals surface area contributed by atoms with E-state index in [1.165, 1.54) is 0 Å². The molecular weight excluding hydrogens is 262 g/mol. The summed E-state index contributed by atoms with van der Waals surface area (Å²) < 4.78 is 0. The molecule has 1 aromatic carbocycles. The summed E-state index contributed by atoms with van der Waals surface area (Å²) in [6, 6.07) is 10.2. The van der Waals surface area contributed by atoms with Gasteiger partial charge >= 0.3 is 0 Å². The Kier molecular flexibility index (Phi) is 6.85. The predicted molar refractivity (Wildman–Crippen MR) is 88.0 cm³/mol. The minimum absolute atomic E-state index is 0.318. The lowest BCUT2D eigenvalue weighted by Crippen LogP contribution is -2.60. The van der Waals surface area contributed by atoms with Gasteiger partial charge in [0.15, 0.2) is 0 Å². The molecule has 0 radical (unpaired) electrons. The summed E-state index contributed by atoms with van der Waals surface area (Å²) >= 11 is 0. The fourth-order valence-corrected chi connectivity index (χ4v) is 2.58. The van der Waals surface area contributed by atoms with E-state index in [2.05, 4.69) is 37.9 Å². The number of nitrogens with two attached hydrogens (primary N) is 1. The van der Waals surface area contributed by atoms with E-state index in [-0.39, 0.29) is 5.91 Å². The Morgan fingerprint density at radius 2 is 1.90 bits per heavy atom. The Morgan fingerprint density at radius 3 is 2.33 bits per heavy atom. The van der Waals surface area contributed by atoms with Crippen LogP contribution in [0.25, 0.3) is 0 Å². The van der Waals surface area contributed by atoms with E-state index < -0.39 is 5.54 Å². The van der Waals surface area contributed by atoms with Gasteiger partial charge in [-0.2, -0.15) is 0 Å². The van der Waals surface area contributed by atoms with Gasteiger partial charge in [-0.05, 0) is 38.9 Å². The quantitative estimate of drug-likeness (QED) is 0.732. The topological polar surface area (TPSA) is 58.4 Å². The van der Waals surface area contributed by atoms with Crippen LogP contribution in [0.15, 0.2) is 30.3 Å². The van der Waals surface area contributed by atoms with Crippen molar-refractivity contribution in [2.24, 2.45) is 5.73 Å². The van der Waals surface area contributed by atoms with Crippen LogP contribution in [0.5, 0.6) is 0 Å². The van der Waals surface area contributed by atoms with Crippen LogP contribution >= 0.6 is 0 Å². The summed E-state index contributed by atoms with van der Waals surface area (Å²) in [6.07, 6.45) is 0.954. The highest BCUT2D eigenvalue weighted by Crippen LogP contribution is 2.23. The first-order chi connectivity index (χ1) is 9.97. The minimum Gasteiger partial charge on any atom is -0.368 e. The summed E-state index contributed by atoms with van der Waals surface area (Å²) in [5.41, 5.74) is 5.92. The number of rotatable bonds is 9. The van der Waals surface area contributed by atoms with Gasteiger partial charge in [-0.1, -0.05) is 44.2 Å². The molecule has 4 nitrogen and oxygen atoms in total. The number of hydrogen-bond donors (Lipinski definition) is 2. The molecule has 1 amide bonds. The van der Waals surface area contributed by atoms with Crippen molar-refractivity contribution in [3.63, 3.8) is 0 Å². The zero-order valence-electron chi connectivity index (χ0n) is 13.7. The molecule has 21 heavy (non-hydrogen) atoms. The third kappa shape index (κ3) is 4.29. The van der Waals surface area contributed by atoms with Crippen LogP contribution in [0.4, 0.5) is 0 Å². The minimum atomic E-state index is -0.836. The first-order valence-corrected chi connectivity index (χ1v) is 7.82. The molecule has 1 unspecified atom stereocenters. The van der Waals surface area contributed by atoms with Crippen LogP contribution < -0.4 is 11.1 Å². The first kappa shape index (κ1) is 17.7. The van der Waals surface area contributed by atoms with Crippen LogP contribution in [0.1, 0.15) is 39.7 Å². The van der Waals surface area contributed by atoms with Crippen LogP contribution in [-0.2, 0) is 10.3 Å². The van der Waals surface area contributed by atoms with Gasteiger partial charge in [0.25, 0.3) is 0 Å². The third-order valence-corrected chi connectivity index (χ3v) is 3.94. The second-order valence-electron chi connectivity index (χ2n) is 5.72. The zero-order chi connectivity index (χ0) is 15.9. The third-order valence-electron chi connectivity index (χ3n) is 3.94. The summed E-state index contributed by atoms with van der Waals surface area (Å²) in [7, 11) is 0. The second kappa shape index (κ2) is 8.15. The Bertz CT molecular complexity index is 433. The number of hydrogen-bond acceptors (Lipinski definition) is 3. The molecule has 4 heteroatoms. The van der Waals surface area contributed by atoms with Crippen LogP contribution in [-0.4, -0.2) is 36.5 Å². The number of carbonyl (C=O) groups excluding carboxylic acids is 1. The predicted octanol–water partition coefficient (Wildman–Crippen LogP) is 2.10. The van der Waals surface area contributed by atoms with Gasteiger partial charge < -0.3 is 5.73 Å². The molecule has 1 atom stereocenters. The summed E-state index contributed by atoms with van der Waals surface area (Å²) in [4.78, 5) is 14.6. The van der Waals surface area contributed by atoms with E-state index in [1.807, 2.05) is 30.3 Å². The summed E-state index contributed by atoms with van der Waals surface area (Å²) in [5, 5.41) is 3.40. The number of likely N-dealkylation sites (N-methyl/N-ethyl adjacent to an activating group) is 1. The molecule has 0 aliphatic heterocycles. The number of amides is 1. The van der Waals surface area contributed by atoms with Gasteiger partial charge in [-0.15, -0.1) is 0 Å². The second-order valence-corrected chi connectivity index (χ2v) is 5.72. The molecule has 0 fully saturated rings. The Labute approximate surface area is 128 Å². The van der Waals surface area contributed by atoms with E-state index in [4.69, 9.17) is 5.73 Å². The van der Waals surface area contributed by atoms with Gasteiger partial charge in [0, 0.05) is 12.6 Å². The fourth-order valence-electron chi connectivity index (χ4n) is 2.58.